The number of anilines is 2. The molecule has 2 amide bonds. The van der Waals surface area contributed by atoms with Crippen LogP contribution in [0.5, 0.6) is 0 Å². The van der Waals surface area contributed by atoms with Crippen LogP contribution in [0.15, 0.2) is 48.0 Å². The highest BCUT2D eigenvalue weighted by Crippen LogP contribution is 2.30. The van der Waals surface area contributed by atoms with Crippen LogP contribution >= 0.6 is 22.9 Å². The van der Waals surface area contributed by atoms with Gasteiger partial charge < -0.3 is 15.0 Å². The highest BCUT2D eigenvalue weighted by atomic mass is 35.5. The molecule has 0 aliphatic carbocycles. The summed E-state index contributed by atoms with van der Waals surface area (Å²) in [6.45, 7) is 4.09. The van der Waals surface area contributed by atoms with Crippen molar-refractivity contribution in [1.82, 2.24) is 15.3 Å². The first-order valence-corrected chi connectivity index (χ1v) is 13.0. The number of nitrogens with one attached hydrogen (secondary N) is 2. The number of amides is 2. The van der Waals surface area contributed by atoms with Gasteiger partial charge in [0.2, 0.25) is 0 Å². The van der Waals surface area contributed by atoms with Crippen molar-refractivity contribution in [2.75, 3.05) is 29.9 Å². The molecule has 35 heavy (non-hydrogen) atoms. The van der Waals surface area contributed by atoms with Crippen molar-refractivity contribution >= 4 is 45.8 Å². The molecule has 3 aromatic rings. The number of aromatic nitrogens is 2. The summed E-state index contributed by atoms with van der Waals surface area (Å²) in [5.74, 6) is -0.318. The van der Waals surface area contributed by atoms with E-state index in [1.54, 1.807) is 12.3 Å². The zero-order valence-corrected chi connectivity index (χ0v) is 21.1. The van der Waals surface area contributed by atoms with Gasteiger partial charge in [-0.1, -0.05) is 43.1 Å². The Hall–Kier alpha value is -3.17. The molecular formula is C25H28ClN5O3S. The summed E-state index contributed by atoms with van der Waals surface area (Å²) in [5, 5.41) is 8.70. The minimum absolute atomic E-state index is 0.104. The van der Waals surface area contributed by atoms with E-state index in [1.807, 2.05) is 35.7 Å². The van der Waals surface area contributed by atoms with Crippen LogP contribution in [-0.4, -0.2) is 47.7 Å². The molecule has 0 bridgehead atoms. The van der Waals surface area contributed by atoms with E-state index in [1.165, 1.54) is 11.3 Å². The van der Waals surface area contributed by atoms with E-state index in [9.17, 15) is 9.59 Å². The third-order valence-corrected chi connectivity index (χ3v) is 6.86. The molecule has 0 atom stereocenters. The maximum atomic E-state index is 12.7. The maximum Gasteiger partial charge on any atom is 0.407 e. The van der Waals surface area contributed by atoms with Gasteiger partial charge in [-0.3, -0.25) is 10.1 Å². The van der Waals surface area contributed by atoms with Crippen LogP contribution in [0.2, 0.25) is 5.02 Å². The van der Waals surface area contributed by atoms with Crippen molar-refractivity contribution in [3.63, 3.8) is 0 Å². The molecule has 0 saturated carbocycles. The molecule has 184 valence electrons. The first-order chi connectivity index (χ1) is 17.0. The number of hydrogen-bond acceptors (Lipinski definition) is 7. The Kier molecular flexibility index (Phi) is 8.54. The molecule has 1 saturated heterocycles. The number of benzene rings is 1. The van der Waals surface area contributed by atoms with Crippen molar-refractivity contribution in [3.8, 4) is 11.3 Å². The van der Waals surface area contributed by atoms with Gasteiger partial charge in [-0.05, 0) is 37.5 Å². The minimum Gasteiger partial charge on any atom is -0.450 e. The molecule has 3 heterocycles. The average Bonchev–Trinajstić information content (AvgIpc) is 3.33. The van der Waals surface area contributed by atoms with Gasteiger partial charge in [-0.25, -0.2) is 14.8 Å². The Bertz CT molecular complexity index is 1150. The molecule has 8 nitrogen and oxygen atoms in total. The molecule has 1 aliphatic rings. The number of pyridine rings is 1. The van der Waals surface area contributed by atoms with E-state index in [0.717, 1.165) is 50.0 Å². The van der Waals surface area contributed by atoms with E-state index in [0.29, 0.717) is 28.1 Å². The third-order valence-electron chi connectivity index (χ3n) is 5.77. The number of carbonyl (C=O) groups excluding carboxylic acids is 2. The van der Waals surface area contributed by atoms with Crippen LogP contribution in [0.25, 0.3) is 11.3 Å². The molecule has 2 N–H and O–H groups in total. The van der Waals surface area contributed by atoms with E-state index in [2.05, 4.69) is 32.4 Å². The summed E-state index contributed by atoms with van der Waals surface area (Å²) in [6, 6.07) is 11.2. The Morgan fingerprint density at radius 3 is 2.71 bits per heavy atom. The lowest BCUT2D eigenvalue weighted by Crippen LogP contribution is -2.45. The summed E-state index contributed by atoms with van der Waals surface area (Å²) in [6.07, 6.45) is 4.88. The van der Waals surface area contributed by atoms with Gasteiger partial charge in [0.15, 0.2) is 5.13 Å². The van der Waals surface area contributed by atoms with Crippen molar-refractivity contribution < 1.29 is 14.3 Å². The molecule has 1 aromatic carbocycles. The number of unbranched alkanes of at least 4 members (excludes halogenated alkanes) is 1. The number of piperidine rings is 1. The first kappa shape index (κ1) is 24.9. The Morgan fingerprint density at radius 1 is 1.20 bits per heavy atom. The first-order valence-electron chi connectivity index (χ1n) is 11.7. The minimum atomic E-state index is -0.340. The number of alkyl carbamates (subject to hydrolysis) is 1. The second kappa shape index (κ2) is 12.0. The molecular weight excluding hydrogens is 486 g/mol. The number of halogens is 1. The molecule has 1 fully saturated rings. The highest BCUT2D eigenvalue weighted by Gasteiger charge is 2.22. The van der Waals surface area contributed by atoms with Gasteiger partial charge in [0.1, 0.15) is 5.69 Å². The van der Waals surface area contributed by atoms with Gasteiger partial charge in [0, 0.05) is 35.1 Å². The van der Waals surface area contributed by atoms with Crippen LogP contribution in [0.3, 0.4) is 0 Å². The number of rotatable bonds is 8. The quantitative estimate of drug-likeness (QED) is 0.380. The third kappa shape index (κ3) is 6.70. The summed E-state index contributed by atoms with van der Waals surface area (Å²) >= 11 is 7.58. The largest absolute Gasteiger partial charge is 0.450 e. The second-order valence-electron chi connectivity index (χ2n) is 8.27. The van der Waals surface area contributed by atoms with Crippen molar-refractivity contribution in [3.05, 3.63) is 58.7 Å². The molecule has 1 aliphatic heterocycles. The number of ether oxygens (including phenoxy) is 1. The molecule has 2 aromatic heterocycles. The molecule has 10 heteroatoms. The molecule has 4 rings (SSSR count). The summed E-state index contributed by atoms with van der Waals surface area (Å²) in [4.78, 5) is 35.5. The topological polar surface area (TPSA) is 96.5 Å². The zero-order valence-electron chi connectivity index (χ0n) is 19.5. The molecule has 0 unspecified atom stereocenters. The maximum absolute atomic E-state index is 12.7. The predicted octanol–water partition coefficient (Wildman–Crippen LogP) is 5.61. The van der Waals surface area contributed by atoms with Gasteiger partial charge in [-0.15, -0.1) is 11.3 Å². The fraction of sp³-hybridized carbons (Fsp3) is 0.360. The van der Waals surface area contributed by atoms with Crippen molar-refractivity contribution in [2.24, 2.45) is 0 Å². The SMILES string of the molecule is CCCCOC(=O)NC1CCN(c2ccc(C(=O)Nc3nc(-c4ccccc4Cl)cs3)nc2)CC1. The summed E-state index contributed by atoms with van der Waals surface area (Å²) in [5.41, 5.74) is 2.79. The normalized spacial score (nSPS) is 13.9. The molecule has 0 spiro atoms. The van der Waals surface area contributed by atoms with Gasteiger partial charge in [0.05, 0.1) is 24.2 Å². The lowest BCUT2D eigenvalue weighted by molar-refractivity contribution is 0.102. The summed E-state index contributed by atoms with van der Waals surface area (Å²) < 4.78 is 5.18. The van der Waals surface area contributed by atoms with Crippen LogP contribution in [0, 0.1) is 0 Å². The van der Waals surface area contributed by atoms with Crippen LogP contribution in [0.1, 0.15) is 43.1 Å². The van der Waals surface area contributed by atoms with Crippen LogP contribution < -0.4 is 15.5 Å². The van der Waals surface area contributed by atoms with E-state index in [4.69, 9.17) is 16.3 Å². The monoisotopic (exact) mass is 513 g/mol. The van der Waals surface area contributed by atoms with Crippen LogP contribution in [0.4, 0.5) is 15.6 Å². The smallest absolute Gasteiger partial charge is 0.407 e. The highest BCUT2D eigenvalue weighted by molar-refractivity contribution is 7.14. The van der Waals surface area contributed by atoms with Crippen LogP contribution in [-0.2, 0) is 4.74 Å². The van der Waals surface area contributed by atoms with E-state index >= 15 is 0 Å². The Morgan fingerprint density at radius 2 is 2.00 bits per heavy atom. The number of hydrogen-bond donors (Lipinski definition) is 2. The Labute approximate surface area is 213 Å². The lowest BCUT2D eigenvalue weighted by Gasteiger charge is -2.33. The van der Waals surface area contributed by atoms with Gasteiger partial charge in [-0.2, -0.15) is 0 Å². The zero-order chi connectivity index (χ0) is 24.6. The lowest BCUT2D eigenvalue weighted by atomic mass is 10.0. The number of carbonyl (C=O) groups is 2. The summed E-state index contributed by atoms with van der Waals surface area (Å²) in [7, 11) is 0. The van der Waals surface area contributed by atoms with Crippen molar-refractivity contribution in [2.45, 2.75) is 38.6 Å². The van der Waals surface area contributed by atoms with E-state index < -0.39 is 0 Å². The fourth-order valence-electron chi connectivity index (χ4n) is 3.79. The second-order valence-corrected chi connectivity index (χ2v) is 9.53. The molecule has 0 radical (unpaired) electrons. The van der Waals surface area contributed by atoms with Crippen molar-refractivity contribution in [1.29, 1.82) is 0 Å². The standard InChI is InChI=1S/C25H28ClN5O3S/c1-2-3-14-34-25(33)28-17-10-12-31(13-11-17)18-8-9-21(27-15-18)23(32)30-24-29-22(16-35-24)19-6-4-5-7-20(19)26/h4-9,15-17H,2-3,10-14H2,1H3,(H,28,33)(H,29,30,32). The van der Waals surface area contributed by atoms with E-state index in [-0.39, 0.29) is 18.0 Å². The number of thiazole rings is 1. The fourth-order valence-corrected chi connectivity index (χ4v) is 4.73. The van der Waals surface area contributed by atoms with Gasteiger partial charge in [0.25, 0.3) is 5.91 Å². The Balaban J connectivity index is 1.27. The average molecular weight is 514 g/mol. The number of nitrogens with zero attached hydrogens (tertiary/aromatic N) is 3. The van der Waals surface area contributed by atoms with Gasteiger partial charge >= 0.3 is 6.09 Å². The predicted molar refractivity (Wildman–Crippen MR) is 139 cm³/mol.